The monoisotopic (exact) mass is 417 g/mol. The minimum atomic E-state index is -3.74. The van der Waals surface area contributed by atoms with Gasteiger partial charge >= 0.3 is 5.76 Å². The SMILES string of the molecule is CCN(CC)C(CNS(=O)(=O)c1ccc2c(c1)oc(=O)n2C)Cc1ccccc1. The number of hydrogen-bond acceptors (Lipinski definition) is 5. The molecule has 156 valence electrons. The van der Waals surface area contributed by atoms with E-state index in [0.29, 0.717) is 5.52 Å². The highest BCUT2D eigenvalue weighted by Gasteiger charge is 2.22. The Balaban J connectivity index is 1.80. The van der Waals surface area contributed by atoms with Crippen LogP contribution in [0, 0.1) is 0 Å². The van der Waals surface area contributed by atoms with Crippen molar-refractivity contribution in [3.05, 3.63) is 64.6 Å². The molecule has 1 N–H and O–H groups in total. The van der Waals surface area contributed by atoms with Crippen molar-refractivity contribution < 1.29 is 12.8 Å². The highest BCUT2D eigenvalue weighted by Crippen LogP contribution is 2.18. The number of nitrogens with zero attached hydrogens (tertiary/aromatic N) is 2. The Morgan fingerprint density at radius 3 is 2.45 bits per heavy atom. The fourth-order valence-corrected chi connectivity index (χ4v) is 4.61. The average Bonchev–Trinajstić information content (AvgIpc) is 3.01. The first kappa shape index (κ1) is 21.3. The van der Waals surface area contributed by atoms with Crippen LogP contribution in [0.3, 0.4) is 0 Å². The van der Waals surface area contributed by atoms with E-state index in [1.165, 1.54) is 16.7 Å². The van der Waals surface area contributed by atoms with Gasteiger partial charge in [0.25, 0.3) is 0 Å². The van der Waals surface area contributed by atoms with Crippen LogP contribution in [0.4, 0.5) is 0 Å². The summed E-state index contributed by atoms with van der Waals surface area (Å²) in [5, 5.41) is 0. The maximum Gasteiger partial charge on any atom is 0.419 e. The largest absolute Gasteiger partial charge is 0.419 e. The highest BCUT2D eigenvalue weighted by molar-refractivity contribution is 7.89. The Kier molecular flexibility index (Phi) is 6.56. The van der Waals surface area contributed by atoms with Crippen LogP contribution in [-0.4, -0.2) is 43.6 Å². The molecule has 1 atom stereocenters. The Hall–Kier alpha value is -2.42. The summed E-state index contributed by atoms with van der Waals surface area (Å²) in [6.07, 6.45) is 0.748. The second-order valence-electron chi connectivity index (χ2n) is 6.97. The summed E-state index contributed by atoms with van der Waals surface area (Å²) in [5.41, 5.74) is 1.97. The van der Waals surface area contributed by atoms with E-state index in [-0.39, 0.29) is 23.1 Å². The van der Waals surface area contributed by atoms with Crippen LogP contribution < -0.4 is 10.5 Å². The van der Waals surface area contributed by atoms with Crippen LogP contribution in [0.2, 0.25) is 0 Å². The van der Waals surface area contributed by atoms with Crippen molar-refractivity contribution in [2.24, 2.45) is 7.05 Å². The normalized spacial score (nSPS) is 13.2. The van der Waals surface area contributed by atoms with Gasteiger partial charge in [0.1, 0.15) is 0 Å². The number of likely N-dealkylation sites (N-methyl/N-ethyl adjacent to an activating group) is 1. The molecule has 8 heteroatoms. The van der Waals surface area contributed by atoms with Gasteiger partial charge < -0.3 is 4.42 Å². The second kappa shape index (κ2) is 8.94. The van der Waals surface area contributed by atoms with Crippen LogP contribution in [0.15, 0.2) is 62.6 Å². The van der Waals surface area contributed by atoms with Crippen LogP contribution in [-0.2, 0) is 23.5 Å². The summed E-state index contributed by atoms with van der Waals surface area (Å²) in [4.78, 5) is 14.0. The predicted molar refractivity (Wildman–Crippen MR) is 113 cm³/mol. The third kappa shape index (κ3) is 4.77. The van der Waals surface area contributed by atoms with Crippen molar-refractivity contribution in [2.45, 2.75) is 31.2 Å². The van der Waals surface area contributed by atoms with Crippen molar-refractivity contribution in [3.8, 4) is 0 Å². The van der Waals surface area contributed by atoms with Gasteiger partial charge in [0.2, 0.25) is 10.0 Å². The van der Waals surface area contributed by atoms with Crippen LogP contribution >= 0.6 is 0 Å². The summed E-state index contributed by atoms with van der Waals surface area (Å²) < 4.78 is 34.9. The maximum atomic E-state index is 12.9. The Morgan fingerprint density at radius 2 is 1.79 bits per heavy atom. The van der Waals surface area contributed by atoms with Gasteiger partial charge in [-0.15, -0.1) is 0 Å². The molecule has 0 amide bonds. The van der Waals surface area contributed by atoms with Gasteiger partial charge in [-0.1, -0.05) is 44.2 Å². The zero-order chi connectivity index (χ0) is 21.0. The first-order chi connectivity index (χ1) is 13.9. The molecule has 0 spiro atoms. The molecule has 3 rings (SSSR count). The lowest BCUT2D eigenvalue weighted by molar-refractivity contribution is 0.216. The molecule has 29 heavy (non-hydrogen) atoms. The molecule has 0 radical (unpaired) electrons. The van der Waals surface area contributed by atoms with E-state index in [0.717, 1.165) is 25.1 Å². The van der Waals surface area contributed by atoms with E-state index >= 15 is 0 Å². The van der Waals surface area contributed by atoms with E-state index in [1.54, 1.807) is 13.1 Å². The van der Waals surface area contributed by atoms with Crippen LogP contribution in [0.5, 0.6) is 0 Å². The number of rotatable bonds is 9. The van der Waals surface area contributed by atoms with Crippen molar-refractivity contribution in [1.29, 1.82) is 0 Å². The molecule has 1 heterocycles. The van der Waals surface area contributed by atoms with Crippen molar-refractivity contribution in [3.63, 3.8) is 0 Å². The first-order valence-electron chi connectivity index (χ1n) is 9.73. The highest BCUT2D eigenvalue weighted by atomic mass is 32.2. The molecule has 2 aromatic carbocycles. The number of sulfonamides is 1. The fraction of sp³-hybridized carbons (Fsp3) is 0.381. The van der Waals surface area contributed by atoms with E-state index in [2.05, 4.69) is 35.6 Å². The standard InChI is InChI=1S/C21H27N3O4S/c1-4-24(5-2)17(13-16-9-7-6-8-10-16)15-22-29(26,27)18-11-12-19-20(14-18)28-21(25)23(19)3/h6-12,14,17,22H,4-5,13,15H2,1-3H3. The van der Waals surface area contributed by atoms with Gasteiger partial charge in [-0.2, -0.15) is 0 Å². The quantitative estimate of drug-likeness (QED) is 0.578. The number of fused-ring (bicyclic) bond motifs is 1. The zero-order valence-electron chi connectivity index (χ0n) is 17.0. The van der Waals surface area contributed by atoms with Crippen molar-refractivity contribution in [2.75, 3.05) is 19.6 Å². The predicted octanol–water partition coefficient (Wildman–Crippen LogP) is 2.36. The summed E-state index contributed by atoms with van der Waals surface area (Å²) in [6.45, 7) is 6.09. The number of hydrogen-bond donors (Lipinski definition) is 1. The average molecular weight is 418 g/mol. The minimum absolute atomic E-state index is 0.0283. The van der Waals surface area contributed by atoms with Crippen molar-refractivity contribution in [1.82, 2.24) is 14.2 Å². The number of nitrogens with one attached hydrogen (secondary N) is 1. The first-order valence-corrected chi connectivity index (χ1v) is 11.2. The molecule has 0 fully saturated rings. The smallest absolute Gasteiger partial charge is 0.408 e. The maximum absolute atomic E-state index is 12.9. The number of benzene rings is 2. The molecule has 0 aliphatic heterocycles. The summed E-state index contributed by atoms with van der Waals surface area (Å²) in [7, 11) is -2.16. The molecule has 0 aliphatic carbocycles. The third-order valence-electron chi connectivity index (χ3n) is 5.23. The van der Waals surface area contributed by atoms with Crippen molar-refractivity contribution >= 4 is 21.1 Å². The Labute approximate surface area is 171 Å². The molecule has 0 saturated heterocycles. The molecule has 0 saturated carbocycles. The van der Waals surface area contributed by atoms with Gasteiger partial charge in [0, 0.05) is 25.7 Å². The van der Waals surface area contributed by atoms with E-state index in [1.807, 2.05) is 18.2 Å². The molecule has 0 bridgehead atoms. The molecule has 1 unspecified atom stereocenters. The second-order valence-corrected chi connectivity index (χ2v) is 8.74. The molecule has 3 aromatic rings. The Bertz CT molecular complexity index is 1120. The minimum Gasteiger partial charge on any atom is -0.408 e. The van der Waals surface area contributed by atoms with Gasteiger partial charge in [0.15, 0.2) is 5.58 Å². The molecule has 0 aliphatic rings. The molecular formula is C21H27N3O4S. The van der Waals surface area contributed by atoms with Crippen LogP contribution in [0.1, 0.15) is 19.4 Å². The molecular weight excluding hydrogens is 390 g/mol. The van der Waals surface area contributed by atoms with Gasteiger partial charge in [0.05, 0.1) is 10.4 Å². The Morgan fingerprint density at radius 1 is 1.10 bits per heavy atom. The van der Waals surface area contributed by atoms with E-state index in [4.69, 9.17) is 4.42 Å². The number of aromatic nitrogens is 1. The zero-order valence-corrected chi connectivity index (χ0v) is 17.8. The number of aryl methyl sites for hydroxylation is 1. The lowest BCUT2D eigenvalue weighted by Gasteiger charge is -2.30. The summed E-state index contributed by atoms with van der Waals surface area (Å²) >= 11 is 0. The van der Waals surface area contributed by atoms with E-state index in [9.17, 15) is 13.2 Å². The molecule has 7 nitrogen and oxygen atoms in total. The van der Waals surface area contributed by atoms with Crippen LogP contribution in [0.25, 0.3) is 11.1 Å². The lowest BCUT2D eigenvalue weighted by atomic mass is 10.0. The van der Waals surface area contributed by atoms with E-state index < -0.39 is 15.8 Å². The van der Waals surface area contributed by atoms with Gasteiger partial charge in [-0.25, -0.2) is 17.9 Å². The summed E-state index contributed by atoms with van der Waals surface area (Å²) in [5.74, 6) is -0.521. The number of oxazole rings is 1. The summed E-state index contributed by atoms with van der Waals surface area (Å²) in [6, 6.07) is 14.5. The molecule has 1 aromatic heterocycles. The van der Waals surface area contributed by atoms with Gasteiger partial charge in [-0.05, 0) is 37.2 Å². The topological polar surface area (TPSA) is 84.6 Å². The fourth-order valence-electron chi connectivity index (χ4n) is 3.53. The lowest BCUT2D eigenvalue weighted by Crippen LogP contribution is -2.45. The third-order valence-corrected chi connectivity index (χ3v) is 6.65. The van der Waals surface area contributed by atoms with Gasteiger partial charge in [-0.3, -0.25) is 9.47 Å².